The lowest BCUT2D eigenvalue weighted by Crippen LogP contribution is -2.54. The van der Waals surface area contributed by atoms with Gasteiger partial charge in [0.05, 0.1) is 17.7 Å². The summed E-state index contributed by atoms with van der Waals surface area (Å²) >= 11 is 0. The lowest BCUT2D eigenvalue weighted by molar-refractivity contribution is -0.140. The Morgan fingerprint density at radius 3 is 2.24 bits per heavy atom. The number of sulfonamides is 1. The van der Waals surface area contributed by atoms with Crippen molar-refractivity contribution in [2.75, 3.05) is 18.0 Å². The number of hydrogen-bond donors (Lipinski definition) is 1. The molecule has 1 N–H and O–H groups in total. The van der Waals surface area contributed by atoms with Crippen LogP contribution in [0.1, 0.15) is 37.0 Å². The number of aryl methyl sites for hydroxylation is 1. The monoisotopic (exact) mass is 645 g/mol. The average Bonchev–Trinajstić information content (AvgIpc) is 3.06. The minimum atomic E-state index is -4.28. The third-order valence-electron chi connectivity index (χ3n) is 7.80. The van der Waals surface area contributed by atoms with Crippen LogP contribution in [-0.2, 0) is 32.6 Å². The topological polar surface area (TPSA) is 96.0 Å². The smallest absolute Gasteiger partial charge is 0.264 e. The molecule has 2 atom stereocenters. The van der Waals surface area contributed by atoms with Gasteiger partial charge < -0.3 is 15.0 Å². The fourth-order valence-electron chi connectivity index (χ4n) is 4.94. The Labute approximate surface area is 270 Å². The second-order valence-electron chi connectivity index (χ2n) is 11.2. The zero-order chi connectivity index (χ0) is 33.3. The molecule has 46 heavy (non-hydrogen) atoms. The van der Waals surface area contributed by atoms with E-state index in [-0.39, 0.29) is 35.2 Å². The van der Waals surface area contributed by atoms with E-state index in [9.17, 15) is 18.0 Å². The molecule has 0 radical (unpaired) electrons. The molecular weight excluding hydrogens is 605 g/mol. The molecule has 2 unspecified atom stereocenters. The minimum Gasteiger partial charge on any atom is -0.497 e. The number of rotatable bonds is 14. The summed E-state index contributed by atoms with van der Waals surface area (Å²) in [6.07, 6.45) is 0.788. The van der Waals surface area contributed by atoms with Gasteiger partial charge in [-0.2, -0.15) is 0 Å². The summed E-state index contributed by atoms with van der Waals surface area (Å²) in [5.41, 5.74) is 2.05. The van der Waals surface area contributed by atoms with Crippen molar-refractivity contribution >= 4 is 27.5 Å². The lowest BCUT2D eigenvalue weighted by atomic mass is 10.0. The van der Waals surface area contributed by atoms with Crippen LogP contribution in [-0.4, -0.2) is 50.9 Å². The van der Waals surface area contributed by atoms with Gasteiger partial charge in [-0.05, 0) is 56.2 Å². The SMILES string of the molecule is CCC(C)NC(=O)C(Cc1ccccc1)N(Cc1ccccc1F)C(=O)CN(c1cccc(OC)c1)S(=O)(=O)c1ccc(C)cc1. The maximum atomic E-state index is 15.1. The Bertz CT molecular complexity index is 1730. The van der Waals surface area contributed by atoms with Crippen molar-refractivity contribution in [2.45, 2.75) is 57.1 Å². The van der Waals surface area contributed by atoms with Gasteiger partial charge in [-0.3, -0.25) is 13.9 Å². The molecule has 10 heteroatoms. The first-order chi connectivity index (χ1) is 22.0. The van der Waals surface area contributed by atoms with Crippen molar-refractivity contribution in [3.05, 3.63) is 126 Å². The molecule has 0 aliphatic carbocycles. The molecule has 0 spiro atoms. The maximum Gasteiger partial charge on any atom is 0.264 e. The highest BCUT2D eigenvalue weighted by Crippen LogP contribution is 2.28. The van der Waals surface area contributed by atoms with Crippen molar-refractivity contribution in [3.63, 3.8) is 0 Å². The van der Waals surface area contributed by atoms with E-state index in [1.54, 1.807) is 48.5 Å². The van der Waals surface area contributed by atoms with Gasteiger partial charge in [0.15, 0.2) is 0 Å². The van der Waals surface area contributed by atoms with Gasteiger partial charge in [-0.15, -0.1) is 0 Å². The zero-order valence-electron chi connectivity index (χ0n) is 26.5. The van der Waals surface area contributed by atoms with Crippen molar-refractivity contribution in [1.29, 1.82) is 0 Å². The van der Waals surface area contributed by atoms with Crippen LogP contribution in [0.15, 0.2) is 108 Å². The number of halogens is 1. The van der Waals surface area contributed by atoms with Gasteiger partial charge in [0.25, 0.3) is 10.0 Å². The number of carbonyl (C=O) groups excluding carboxylic acids is 2. The summed E-state index contributed by atoms with van der Waals surface area (Å²) in [7, 11) is -2.82. The highest BCUT2D eigenvalue weighted by atomic mass is 32.2. The van der Waals surface area contributed by atoms with Gasteiger partial charge in [0.1, 0.15) is 24.2 Å². The van der Waals surface area contributed by atoms with Gasteiger partial charge in [-0.25, -0.2) is 12.8 Å². The van der Waals surface area contributed by atoms with E-state index in [4.69, 9.17) is 4.74 Å². The number of benzene rings is 4. The van der Waals surface area contributed by atoms with E-state index in [2.05, 4.69) is 5.32 Å². The van der Waals surface area contributed by atoms with E-state index in [0.717, 1.165) is 15.4 Å². The fraction of sp³-hybridized carbons (Fsp3) is 0.278. The molecular formula is C36H40FN3O5S. The summed E-state index contributed by atoms with van der Waals surface area (Å²) in [6, 6.07) is 26.7. The molecule has 4 rings (SSSR count). The summed E-state index contributed by atoms with van der Waals surface area (Å²) in [5.74, 6) is -1.25. The summed E-state index contributed by atoms with van der Waals surface area (Å²) in [6.45, 7) is 4.73. The molecule has 0 saturated carbocycles. The second-order valence-corrected chi connectivity index (χ2v) is 13.0. The predicted molar refractivity (Wildman–Crippen MR) is 177 cm³/mol. The minimum absolute atomic E-state index is 0.00952. The first kappa shape index (κ1) is 34.2. The summed E-state index contributed by atoms with van der Waals surface area (Å²) in [5, 5.41) is 2.97. The Kier molecular flexibility index (Phi) is 11.5. The van der Waals surface area contributed by atoms with Crippen molar-refractivity contribution < 1.29 is 27.1 Å². The summed E-state index contributed by atoms with van der Waals surface area (Å²) in [4.78, 5) is 29.7. The van der Waals surface area contributed by atoms with Crippen molar-refractivity contribution in [1.82, 2.24) is 10.2 Å². The van der Waals surface area contributed by atoms with Gasteiger partial charge in [0.2, 0.25) is 11.8 Å². The molecule has 0 saturated heterocycles. The molecule has 0 bridgehead atoms. The number of nitrogens with one attached hydrogen (secondary N) is 1. The number of amides is 2. The van der Waals surface area contributed by atoms with Crippen LogP contribution < -0.4 is 14.4 Å². The van der Waals surface area contributed by atoms with Gasteiger partial charge in [0, 0.05) is 30.6 Å². The lowest BCUT2D eigenvalue weighted by Gasteiger charge is -2.34. The quantitative estimate of drug-likeness (QED) is 0.185. The number of carbonyl (C=O) groups is 2. The van der Waals surface area contributed by atoms with Gasteiger partial charge >= 0.3 is 0 Å². The summed E-state index contributed by atoms with van der Waals surface area (Å²) < 4.78 is 49.8. The average molecular weight is 646 g/mol. The van der Waals surface area contributed by atoms with Crippen LogP contribution >= 0.6 is 0 Å². The largest absolute Gasteiger partial charge is 0.497 e. The van der Waals surface area contributed by atoms with Crippen molar-refractivity contribution in [2.24, 2.45) is 0 Å². The van der Waals surface area contributed by atoms with E-state index in [0.29, 0.717) is 12.2 Å². The standard InChI is InChI=1S/C36H40FN3O5S/c1-5-27(3)38-36(42)34(22-28-12-7-6-8-13-28)39(24-29-14-9-10-17-33(29)37)35(41)25-40(30-15-11-16-31(23-30)45-4)46(43,44)32-20-18-26(2)19-21-32/h6-21,23,27,34H,5,22,24-25H2,1-4H3,(H,38,42). The van der Waals surface area contributed by atoms with Crippen LogP contribution in [0, 0.1) is 12.7 Å². The first-order valence-corrected chi connectivity index (χ1v) is 16.6. The molecule has 4 aromatic rings. The molecule has 4 aromatic carbocycles. The van der Waals surface area contributed by atoms with Gasteiger partial charge in [-0.1, -0.05) is 79.2 Å². The highest BCUT2D eigenvalue weighted by Gasteiger charge is 2.35. The van der Waals surface area contributed by atoms with Crippen LogP contribution in [0.25, 0.3) is 0 Å². The Morgan fingerprint density at radius 1 is 0.913 bits per heavy atom. The Hall–Kier alpha value is -4.70. The molecule has 2 amide bonds. The zero-order valence-corrected chi connectivity index (χ0v) is 27.3. The van der Waals surface area contributed by atoms with Crippen LogP contribution in [0.4, 0.5) is 10.1 Å². The number of anilines is 1. The third kappa shape index (κ3) is 8.51. The molecule has 0 heterocycles. The number of nitrogens with zero attached hydrogens (tertiary/aromatic N) is 2. The van der Waals surface area contributed by atoms with E-state index in [1.807, 2.05) is 51.1 Å². The highest BCUT2D eigenvalue weighted by molar-refractivity contribution is 7.92. The Balaban J connectivity index is 1.83. The van der Waals surface area contributed by atoms with E-state index in [1.165, 1.54) is 36.3 Å². The molecule has 0 fully saturated rings. The van der Waals surface area contributed by atoms with Crippen LogP contribution in [0.3, 0.4) is 0 Å². The third-order valence-corrected chi connectivity index (χ3v) is 9.59. The van der Waals surface area contributed by atoms with Crippen LogP contribution in [0.2, 0.25) is 0 Å². The van der Waals surface area contributed by atoms with E-state index < -0.39 is 40.2 Å². The normalized spacial score (nSPS) is 12.5. The van der Waals surface area contributed by atoms with E-state index >= 15 is 4.39 Å². The Morgan fingerprint density at radius 2 is 1.59 bits per heavy atom. The first-order valence-electron chi connectivity index (χ1n) is 15.1. The van der Waals surface area contributed by atoms with Crippen LogP contribution in [0.5, 0.6) is 5.75 Å². The fourth-order valence-corrected chi connectivity index (χ4v) is 6.34. The second kappa shape index (κ2) is 15.5. The van der Waals surface area contributed by atoms with Crippen molar-refractivity contribution in [3.8, 4) is 5.75 Å². The molecule has 0 aliphatic heterocycles. The molecule has 0 aliphatic rings. The molecule has 242 valence electrons. The number of methoxy groups -OCH3 is 1. The molecule has 0 aromatic heterocycles. The number of hydrogen-bond acceptors (Lipinski definition) is 5. The molecule has 8 nitrogen and oxygen atoms in total. The maximum absolute atomic E-state index is 15.1. The predicted octanol–water partition coefficient (Wildman–Crippen LogP) is 5.89. The number of ether oxygens (including phenoxy) is 1.